The first-order valence-corrected chi connectivity index (χ1v) is 7.60. The highest BCUT2D eigenvalue weighted by Crippen LogP contribution is 2.21. The molecule has 1 aliphatic rings. The lowest BCUT2D eigenvalue weighted by Gasteiger charge is -2.34. The van der Waals surface area contributed by atoms with E-state index in [0.717, 1.165) is 0 Å². The summed E-state index contributed by atoms with van der Waals surface area (Å²) in [6.45, 7) is 2.47. The molecule has 128 valence electrons. The van der Waals surface area contributed by atoms with Crippen LogP contribution in [0.5, 0.6) is 11.8 Å². The van der Waals surface area contributed by atoms with E-state index in [-0.39, 0.29) is 5.91 Å². The van der Waals surface area contributed by atoms with E-state index in [1.54, 1.807) is 44.4 Å². The highest BCUT2D eigenvalue weighted by atomic mass is 16.5. The van der Waals surface area contributed by atoms with Crippen molar-refractivity contribution < 1.29 is 14.3 Å². The van der Waals surface area contributed by atoms with Crippen molar-refractivity contribution in [2.24, 2.45) is 7.05 Å². The standard InChI is InChI=1S/C15H20N6O3/c1-19-10-11(9-16-19)14(22)20-4-6-21(7-5-20)15-17-12(23-2)8-13(18-15)24-3/h8-10H,4-7H2,1-3H3. The Labute approximate surface area is 139 Å². The Morgan fingerprint density at radius 3 is 2.21 bits per heavy atom. The third-order valence-corrected chi connectivity index (χ3v) is 3.89. The van der Waals surface area contributed by atoms with E-state index in [9.17, 15) is 4.79 Å². The minimum atomic E-state index is -0.00751. The maximum Gasteiger partial charge on any atom is 0.257 e. The summed E-state index contributed by atoms with van der Waals surface area (Å²) in [7, 11) is 4.90. The Morgan fingerprint density at radius 1 is 1.08 bits per heavy atom. The van der Waals surface area contributed by atoms with Crippen LogP contribution < -0.4 is 14.4 Å². The van der Waals surface area contributed by atoms with Gasteiger partial charge in [0.2, 0.25) is 17.7 Å². The fourth-order valence-corrected chi connectivity index (χ4v) is 2.57. The summed E-state index contributed by atoms with van der Waals surface area (Å²) < 4.78 is 12.0. The second-order valence-corrected chi connectivity index (χ2v) is 5.43. The number of aryl methyl sites for hydroxylation is 1. The van der Waals surface area contributed by atoms with Gasteiger partial charge in [-0.2, -0.15) is 15.1 Å². The Balaban J connectivity index is 1.68. The number of hydrogen-bond acceptors (Lipinski definition) is 7. The lowest BCUT2D eigenvalue weighted by Crippen LogP contribution is -2.49. The van der Waals surface area contributed by atoms with Crippen LogP contribution >= 0.6 is 0 Å². The molecule has 0 spiro atoms. The molecule has 2 aromatic heterocycles. The summed E-state index contributed by atoms with van der Waals surface area (Å²) in [6, 6.07) is 1.63. The maximum absolute atomic E-state index is 12.4. The van der Waals surface area contributed by atoms with Crippen LogP contribution in [0.4, 0.5) is 5.95 Å². The molecule has 1 amide bonds. The van der Waals surface area contributed by atoms with Crippen molar-refractivity contribution >= 4 is 11.9 Å². The minimum absolute atomic E-state index is 0.00751. The first kappa shape index (κ1) is 16.0. The van der Waals surface area contributed by atoms with Gasteiger partial charge in [0.1, 0.15) is 0 Å². The van der Waals surface area contributed by atoms with Crippen LogP contribution in [-0.4, -0.2) is 71.0 Å². The summed E-state index contributed by atoms with van der Waals surface area (Å²) in [5, 5.41) is 4.04. The van der Waals surface area contributed by atoms with Gasteiger partial charge in [-0.15, -0.1) is 0 Å². The average molecular weight is 332 g/mol. The average Bonchev–Trinajstić information content (AvgIpc) is 3.07. The van der Waals surface area contributed by atoms with Crippen LogP contribution in [0.1, 0.15) is 10.4 Å². The fraction of sp³-hybridized carbons (Fsp3) is 0.467. The molecule has 2 aromatic rings. The number of methoxy groups -OCH3 is 2. The number of carbonyl (C=O) groups is 1. The zero-order valence-electron chi connectivity index (χ0n) is 14.0. The van der Waals surface area contributed by atoms with Gasteiger partial charge in [0.05, 0.1) is 32.0 Å². The van der Waals surface area contributed by atoms with Crippen LogP contribution in [-0.2, 0) is 7.05 Å². The van der Waals surface area contributed by atoms with E-state index in [1.807, 2.05) is 9.80 Å². The van der Waals surface area contributed by atoms with Crippen molar-refractivity contribution in [2.75, 3.05) is 45.3 Å². The Kier molecular flexibility index (Phi) is 4.50. The molecule has 0 radical (unpaired) electrons. The van der Waals surface area contributed by atoms with E-state index >= 15 is 0 Å². The van der Waals surface area contributed by atoms with Gasteiger partial charge >= 0.3 is 0 Å². The van der Waals surface area contributed by atoms with Crippen LogP contribution in [0.15, 0.2) is 18.5 Å². The largest absolute Gasteiger partial charge is 0.481 e. The number of nitrogens with zero attached hydrogens (tertiary/aromatic N) is 6. The lowest BCUT2D eigenvalue weighted by molar-refractivity contribution is 0.0746. The second-order valence-electron chi connectivity index (χ2n) is 5.43. The number of rotatable bonds is 4. The topological polar surface area (TPSA) is 85.6 Å². The van der Waals surface area contributed by atoms with Gasteiger partial charge in [-0.1, -0.05) is 0 Å². The molecule has 3 heterocycles. The smallest absolute Gasteiger partial charge is 0.257 e. The number of piperazine rings is 1. The molecular weight excluding hydrogens is 312 g/mol. The number of aromatic nitrogens is 4. The van der Waals surface area contributed by atoms with Crippen LogP contribution in [0, 0.1) is 0 Å². The van der Waals surface area contributed by atoms with Crippen LogP contribution in [0.25, 0.3) is 0 Å². The van der Waals surface area contributed by atoms with Crippen molar-refractivity contribution in [3.63, 3.8) is 0 Å². The molecule has 0 atom stereocenters. The van der Waals surface area contributed by atoms with E-state index in [1.165, 1.54) is 0 Å². The van der Waals surface area contributed by atoms with Crippen molar-refractivity contribution in [1.29, 1.82) is 0 Å². The van der Waals surface area contributed by atoms with Crippen molar-refractivity contribution in [3.8, 4) is 11.8 Å². The normalized spacial score (nSPS) is 14.6. The molecule has 0 N–H and O–H groups in total. The molecule has 9 nitrogen and oxygen atoms in total. The van der Waals surface area contributed by atoms with Gasteiger partial charge in [0.25, 0.3) is 5.91 Å². The molecule has 3 rings (SSSR count). The van der Waals surface area contributed by atoms with Gasteiger partial charge in [-0.3, -0.25) is 9.48 Å². The predicted octanol–water partition coefficient (Wildman–Crippen LogP) is 0.190. The molecule has 24 heavy (non-hydrogen) atoms. The molecule has 0 aliphatic carbocycles. The minimum Gasteiger partial charge on any atom is -0.481 e. The number of amides is 1. The van der Waals surface area contributed by atoms with Crippen LogP contribution in [0.3, 0.4) is 0 Å². The molecule has 0 aromatic carbocycles. The monoisotopic (exact) mass is 332 g/mol. The molecule has 0 saturated carbocycles. The van der Waals surface area contributed by atoms with Crippen molar-refractivity contribution in [3.05, 3.63) is 24.0 Å². The Hall–Kier alpha value is -2.84. The van der Waals surface area contributed by atoms with E-state index in [2.05, 4.69) is 15.1 Å². The molecule has 1 fully saturated rings. The fourth-order valence-electron chi connectivity index (χ4n) is 2.57. The molecule has 9 heteroatoms. The Morgan fingerprint density at radius 2 is 1.71 bits per heavy atom. The maximum atomic E-state index is 12.4. The van der Waals surface area contributed by atoms with Crippen LogP contribution in [0.2, 0.25) is 0 Å². The van der Waals surface area contributed by atoms with Gasteiger partial charge in [-0.25, -0.2) is 0 Å². The SMILES string of the molecule is COc1cc(OC)nc(N2CCN(C(=O)c3cnn(C)c3)CC2)n1. The quantitative estimate of drug-likeness (QED) is 0.790. The molecule has 1 saturated heterocycles. The zero-order chi connectivity index (χ0) is 17.1. The van der Waals surface area contributed by atoms with E-state index in [4.69, 9.17) is 9.47 Å². The molecule has 0 bridgehead atoms. The Bertz CT molecular complexity index is 701. The summed E-state index contributed by atoms with van der Waals surface area (Å²) in [6.07, 6.45) is 3.31. The summed E-state index contributed by atoms with van der Waals surface area (Å²) >= 11 is 0. The summed E-state index contributed by atoms with van der Waals surface area (Å²) in [5.41, 5.74) is 0.602. The first-order valence-electron chi connectivity index (χ1n) is 7.60. The second kappa shape index (κ2) is 6.73. The number of hydrogen-bond donors (Lipinski definition) is 0. The third-order valence-electron chi connectivity index (χ3n) is 3.89. The van der Waals surface area contributed by atoms with Gasteiger partial charge in [-0.05, 0) is 0 Å². The highest BCUT2D eigenvalue weighted by Gasteiger charge is 2.24. The summed E-state index contributed by atoms with van der Waals surface area (Å²) in [4.78, 5) is 25.0. The van der Waals surface area contributed by atoms with E-state index in [0.29, 0.717) is 49.5 Å². The number of anilines is 1. The van der Waals surface area contributed by atoms with Crippen molar-refractivity contribution in [1.82, 2.24) is 24.6 Å². The highest BCUT2D eigenvalue weighted by molar-refractivity contribution is 5.93. The summed E-state index contributed by atoms with van der Waals surface area (Å²) in [5.74, 6) is 1.43. The van der Waals surface area contributed by atoms with E-state index < -0.39 is 0 Å². The predicted molar refractivity (Wildman–Crippen MR) is 86.5 cm³/mol. The van der Waals surface area contributed by atoms with Gasteiger partial charge in [0.15, 0.2) is 0 Å². The van der Waals surface area contributed by atoms with Crippen molar-refractivity contribution in [2.45, 2.75) is 0 Å². The molecule has 1 aliphatic heterocycles. The zero-order valence-corrected chi connectivity index (χ0v) is 14.0. The van der Waals surface area contributed by atoms with Gasteiger partial charge in [0, 0.05) is 39.4 Å². The first-order chi connectivity index (χ1) is 11.6. The third kappa shape index (κ3) is 3.24. The molecule has 0 unspecified atom stereocenters. The lowest BCUT2D eigenvalue weighted by atomic mass is 10.2. The molecular formula is C15H20N6O3. The number of ether oxygens (including phenoxy) is 2. The number of carbonyl (C=O) groups excluding carboxylic acids is 1. The van der Waals surface area contributed by atoms with Gasteiger partial charge < -0.3 is 19.3 Å².